The van der Waals surface area contributed by atoms with E-state index in [0.29, 0.717) is 31.9 Å². The maximum Gasteiger partial charge on any atom is 0.272 e. The monoisotopic (exact) mass is 226 g/mol. The van der Waals surface area contributed by atoms with Gasteiger partial charge in [-0.3, -0.25) is 4.79 Å². The van der Waals surface area contributed by atoms with Crippen LogP contribution in [0.4, 0.5) is 0 Å². The van der Waals surface area contributed by atoms with Gasteiger partial charge in [0.15, 0.2) is 0 Å². The summed E-state index contributed by atoms with van der Waals surface area (Å²) >= 11 is 0. The number of imidazole rings is 1. The SMILES string of the molecule is COCCN(CCN)C(=O)c1cncn1C. The molecule has 2 N–H and O–H groups in total. The Kier molecular flexibility index (Phi) is 4.94. The van der Waals surface area contributed by atoms with E-state index in [-0.39, 0.29) is 5.91 Å². The molecular weight excluding hydrogens is 208 g/mol. The van der Waals surface area contributed by atoms with Gasteiger partial charge in [-0.05, 0) is 0 Å². The predicted molar refractivity (Wildman–Crippen MR) is 60.0 cm³/mol. The first-order valence-electron chi connectivity index (χ1n) is 5.15. The van der Waals surface area contributed by atoms with Crippen LogP contribution in [0.1, 0.15) is 10.5 Å². The van der Waals surface area contributed by atoms with E-state index in [1.807, 2.05) is 0 Å². The molecule has 6 nitrogen and oxygen atoms in total. The van der Waals surface area contributed by atoms with Crippen molar-refractivity contribution >= 4 is 5.91 Å². The summed E-state index contributed by atoms with van der Waals surface area (Å²) in [7, 11) is 3.40. The third kappa shape index (κ3) is 3.04. The van der Waals surface area contributed by atoms with E-state index < -0.39 is 0 Å². The van der Waals surface area contributed by atoms with Crippen LogP contribution < -0.4 is 5.73 Å². The smallest absolute Gasteiger partial charge is 0.272 e. The lowest BCUT2D eigenvalue weighted by Gasteiger charge is -2.21. The molecule has 1 heterocycles. The molecule has 0 atom stereocenters. The molecule has 0 radical (unpaired) electrons. The summed E-state index contributed by atoms with van der Waals surface area (Å²) in [5, 5.41) is 0. The van der Waals surface area contributed by atoms with E-state index in [1.54, 1.807) is 36.1 Å². The molecule has 0 bridgehead atoms. The number of carbonyl (C=O) groups is 1. The van der Waals surface area contributed by atoms with Gasteiger partial charge in [0, 0.05) is 33.8 Å². The zero-order valence-electron chi connectivity index (χ0n) is 9.72. The van der Waals surface area contributed by atoms with E-state index >= 15 is 0 Å². The van der Waals surface area contributed by atoms with Crippen molar-refractivity contribution in [2.75, 3.05) is 33.4 Å². The topological polar surface area (TPSA) is 73.4 Å². The number of methoxy groups -OCH3 is 1. The molecule has 16 heavy (non-hydrogen) atoms. The second kappa shape index (κ2) is 6.24. The maximum absolute atomic E-state index is 12.1. The highest BCUT2D eigenvalue weighted by atomic mass is 16.5. The Bertz CT molecular complexity index is 337. The number of hydrogen-bond acceptors (Lipinski definition) is 4. The maximum atomic E-state index is 12.1. The zero-order valence-corrected chi connectivity index (χ0v) is 9.72. The molecule has 0 aliphatic rings. The second-order valence-electron chi connectivity index (χ2n) is 3.46. The van der Waals surface area contributed by atoms with Crippen molar-refractivity contribution in [1.29, 1.82) is 0 Å². The zero-order chi connectivity index (χ0) is 12.0. The summed E-state index contributed by atoms with van der Waals surface area (Å²) in [5.74, 6) is -0.0671. The number of nitrogens with two attached hydrogens (primary N) is 1. The Morgan fingerprint density at radius 1 is 1.62 bits per heavy atom. The third-order valence-corrected chi connectivity index (χ3v) is 2.29. The Hall–Kier alpha value is -1.40. The summed E-state index contributed by atoms with van der Waals surface area (Å²) in [6.07, 6.45) is 3.16. The van der Waals surface area contributed by atoms with Crippen molar-refractivity contribution < 1.29 is 9.53 Å². The van der Waals surface area contributed by atoms with Gasteiger partial charge in [-0.2, -0.15) is 0 Å². The number of amides is 1. The Morgan fingerprint density at radius 3 is 2.88 bits per heavy atom. The van der Waals surface area contributed by atoms with Gasteiger partial charge in [-0.25, -0.2) is 4.98 Å². The third-order valence-electron chi connectivity index (χ3n) is 2.29. The first-order valence-corrected chi connectivity index (χ1v) is 5.15. The van der Waals surface area contributed by atoms with Gasteiger partial charge in [-0.1, -0.05) is 0 Å². The highest BCUT2D eigenvalue weighted by Gasteiger charge is 2.17. The molecular formula is C10H18N4O2. The highest BCUT2D eigenvalue weighted by Crippen LogP contribution is 2.02. The normalized spacial score (nSPS) is 10.4. The molecule has 0 saturated carbocycles. The van der Waals surface area contributed by atoms with Gasteiger partial charge >= 0.3 is 0 Å². The number of carbonyl (C=O) groups excluding carboxylic acids is 1. The van der Waals surface area contributed by atoms with Crippen LogP contribution in [0.15, 0.2) is 12.5 Å². The molecule has 0 saturated heterocycles. The molecule has 0 unspecified atom stereocenters. The van der Waals surface area contributed by atoms with Gasteiger partial charge < -0.3 is 19.9 Å². The number of rotatable bonds is 6. The summed E-state index contributed by atoms with van der Waals surface area (Å²) in [4.78, 5) is 17.7. The molecule has 0 fully saturated rings. The highest BCUT2D eigenvalue weighted by molar-refractivity contribution is 5.92. The van der Waals surface area contributed by atoms with Crippen LogP contribution >= 0.6 is 0 Å². The quantitative estimate of drug-likeness (QED) is 0.707. The summed E-state index contributed by atoms with van der Waals surface area (Å²) in [5.41, 5.74) is 6.03. The lowest BCUT2D eigenvalue weighted by molar-refractivity contribution is 0.0692. The van der Waals surface area contributed by atoms with E-state index in [0.717, 1.165) is 0 Å². The van der Waals surface area contributed by atoms with E-state index in [1.165, 1.54) is 0 Å². The summed E-state index contributed by atoms with van der Waals surface area (Å²) < 4.78 is 6.65. The molecule has 1 rings (SSSR count). The van der Waals surface area contributed by atoms with Crippen molar-refractivity contribution in [2.45, 2.75) is 0 Å². The van der Waals surface area contributed by atoms with Crippen molar-refractivity contribution in [3.63, 3.8) is 0 Å². The Labute approximate surface area is 95.0 Å². The lowest BCUT2D eigenvalue weighted by Crippen LogP contribution is -2.38. The van der Waals surface area contributed by atoms with Crippen LogP contribution in [0.5, 0.6) is 0 Å². The molecule has 6 heteroatoms. The van der Waals surface area contributed by atoms with Gasteiger partial charge in [-0.15, -0.1) is 0 Å². The van der Waals surface area contributed by atoms with Crippen molar-refractivity contribution in [2.24, 2.45) is 12.8 Å². The number of nitrogens with zero attached hydrogens (tertiary/aromatic N) is 3. The molecule has 0 aliphatic heterocycles. The van der Waals surface area contributed by atoms with E-state index in [2.05, 4.69) is 4.98 Å². The van der Waals surface area contributed by atoms with Crippen LogP contribution in [-0.2, 0) is 11.8 Å². The minimum Gasteiger partial charge on any atom is -0.383 e. The average molecular weight is 226 g/mol. The Morgan fingerprint density at radius 2 is 2.38 bits per heavy atom. The largest absolute Gasteiger partial charge is 0.383 e. The molecule has 0 spiro atoms. The molecule has 1 aromatic heterocycles. The van der Waals surface area contributed by atoms with Crippen molar-refractivity contribution in [3.05, 3.63) is 18.2 Å². The van der Waals surface area contributed by atoms with Crippen LogP contribution in [0.2, 0.25) is 0 Å². The first-order chi connectivity index (χ1) is 7.70. The number of aromatic nitrogens is 2. The standard InChI is InChI=1S/C10H18N4O2/c1-13-8-12-7-9(13)10(15)14(4-3-11)5-6-16-2/h7-8H,3-6,11H2,1-2H3. The fourth-order valence-electron chi connectivity index (χ4n) is 1.40. The minimum absolute atomic E-state index is 0.0671. The Balaban J connectivity index is 2.70. The fraction of sp³-hybridized carbons (Fsp3) is 0.600. The fourth-order valence-corrected chi connectivity index (χ4v) is 1.40. The first kappa shape index (κ1) is 12.7. The number of hydrogen-bond donors (Lipinski definition) is 1. The molecule has 1 aromatic rings. The van der Waals surface area contributed by atoms with Gasteiger partial charge in [0.05, 0.1) is 19.1 Å². The minimum atomic E-state index is -0.0671. The van der Waals surface area contributed by atoms with Crippen molar-refractivity contribution in [3.8, 4) is 0 Å². The van der Waals surface area contributed by atoms with E-state index in [4.69, 9.17) is 10.5 Å². The van der Waals surface area contributed by atoms with Crippen LogP contribution in [0.25, 0.3) is 0 Å². The van der Waals surface area contributed by atoms with Crippen LogP contribution in [0, 0.1) is 0 Å². The van der Waals surface area contributed by atoms with Gasteiger partial charge in [0.2, 0.25) is 0 Å². The molecule has 0 aromatic carbocycles. The van der Waals surface area contributed by atoms with Gasteiger partial charge in [0.25, 0.3) is 5.91 Å². The number of ether oxygens (including phenoxy) is 1. The van der Waals surface area contributed by atoms with Crippen LogP contribution in [0.3, 0.4) is 0 Å². The predicted octanol–water partition coefficient (Wildman–Crippen LogP) is -0.533. The van der Waals surface area contributed by atoms with Gasteiger partial charge in [0.1, 0.15) is 5.69 Å². The lowest BCUT2D eigenvalue weighted by atomic mass is 10.3. The van der Waals surface area contributed by atoms with Crippen molar-refractivity contribution in [1.82, 2.24) is 14.5 Å². The average Bonchev–Trinajstić information content (AvgIpc) is 2.69. The molecule has 1 amide bonds. The summed E-state index contributed by atoms with van der Waals surface area (Å²) in [6.45, 7) is 2.00. The molecule has 90 valence electrons. The van der Waals surface area contributed by atoms with E-state index in [9.17, 15) is 4.79 Å². The summed E-state index contributed by atoms with van der Waals surface area (Å²) in [6, 6.07) is 0. The van der Waals surface area contributed by atoms with Crippen LogP contribution in [-0.4, -0.2) is 53.7 Å². The second-order valence-corrected chi connectivity index (χ2v) is 3.46. The number of aryl methyl sites for hydroxylation is 1. The molecule has 0 aliphatic carbocycles.